The molecule has 0 bridgehead atoms. The van der Waals surface area contributed by atoms with Crippen molar-refractivity contribution in [2.45, 2.75) is 19.4 Å². The smallest absolute Gasteiger partial charge is 0.347 e. The molecule has 0 saturated carbocycles. The largest absolute Gasteiger partial charge is 0.478 e. The average molecular weight is 314 g/mol. The summed E-state index contributed by atoms with van der Waals surface area (Å²) in [6, 6.07) is 13.0. The molecule has 2 aromatic rings. The predicted molar refractivity (Wildman–Crippen MR) is 90.4 cm³/mol. The SMILES string of the molecule is C=N/N=C(/OC(C)(C)C(=O)O)N(N)c1cccc2ccccc12. The second-order valence-corrected chi connectivity index (χ2v) is 5.31. The van der Waals surface area contributed by atoms with E-state index in [-0.39, 0.29) is 6.02 Å². The highest BCUT2D eigenvalue weighted by Gasteiger charge is 2.33. The molecule has 0 aliphatic rings. The summed E-state index contributed by atoms with van der Waals surface area (Å²) in [5, 5.41) is 19.3. The second-order valence-electron chi connectivity index (χ2n) is 5.31. The number of carboxylic acids is 1. The van der Waals surface area contributed by atoms with E-state index in [0.29, 0.717) is 5.69 Å². The van der Waals surface area contributed by atoms with Crippen LogP contribution >= 0.6 is 0 Å². The summed E-state index contributed by atoms with van der Waals surface area (Å²) in [5.74, 6) is 4.94. The van der Waals surface area contributed by atoms with Crippen LogP contribution in [0, 0.1) is 0 Å². The van der Waals surface area contributed by atoms with Crippen molar-refractivity contribution in [2.24, 2.45) is 16.0 Å². The van der Waals surface area contributed by atoms with Crippen LogP contribution in [0.1, 0.15) is 13.8 Å². The Morgan fingerprint density at radius 1 is 1.26 bits per heavy atom. The third-order valence-electron chi connectivity index (χ3n) is 3.25. The Kier molecular flexibility index (Phi) is 4.61. The molecule has 0 aliphatic heterocycles. The highest BCUT2D eigenvalue weighted by Crippen LogP contribution is 2.26. The van der Waals surface area contributed by atoms with Crippen molar-refractivity contribution in [1.29, 1.82) is 0 Å². The van der Waals surface area contributed by atoms with Gasteiger partial charge in [0, 0.05) is 12.1 Å². The lowest BCUT2D eigenvalue weighted by Gasteiger charge is -2.27. The fraction of sp³-hybridized carbons (Fsp3) is 0.188. The van der Waals surface area contributed by atoms with Crippen LogP contribution in [0.5, 0.6) is 0 Å². The molecule has 7 heteroatoms. The van der Waals surface area contributed by atoms with Crippen molar-refractivity contribution < 1.29 is 14.6 Å². The van der Waals surface area contributed by atoms with Crippen LogP contribution in [0.25, 0.3) is 10.8 Å². The quantitative estimate of drug-likeness (QED) is 0.390. The van der Waals surface area contributed by atoms with Gasteiger partial charge in [-0.25, -0.2) is 15.6 Å². The molecule has 0 heterocycles. The zero-order valence-corrected chi connectivity index (χ0v) is 12.9. The topological polar surface area (TPSA) is 101 Å². The number of aliphatic carboxylic acids is 1. The first-order chi connectivity index (χ1) is 10.9. The van der Waals surface area contributed by atoms with E-state index in [9.17, 15) is 9.90 Å². The number of anilines is 1. The number of carbonyl (C=O) groups is 1. The van der Waals surface area contributed by atoms with Crippen molar-refractivity contribution in [1.82, 2.24) is 0 Å². The first-order valence-electron chi connectivity index (χ1n) is 6.85. The Morgan fingerprint density at radius 3 is 2.57 bits per heavy atom. The first kappa shape index (κ1) is 16.4. The number of ether oxygens (including phenoxy) is 1. The molecule has 23 heavy (non-hydrogen) atoms. The molecule has 0 aromatic heterocycles. The number of hydrogen-bond donors (Lipinski definition) is 2. The third-order valence-corrected chi connectivity index (χ3v) is 3.25. The third kappa shape index (κ3) is 3.46. The van der Waals surface area contributed by atoms with Gasteiger partial charge in [-0.15, -0.1) is 0 Å². The molecule has 0 aliphatic carbocycles. The van der Waals surface area contributed by atoms with E-state index in [1.165, 1.54) is 13.8 Å². The minimum Gasteiger partial charge on any atom is -0.478 e. The van der Waals surface area contributed by atoms with E-state index in [1.807, 2.05) is 36.4 Å². The Morgan fingerprint density at radius 2 is 1.91 bits per heavy atom. The number of amidine groups is 1. The van der Waals surface area contributed by atoms with Crippen LogP contribution in [-0.2, 0) is 9.53 Å². The van der Waals surface area contributed by atoms with Gasteiger partial charge >= 0.3 is 12.0 Å². The first-order valence-corrected chi connectivity index (χ1v) is 6.85. The zero-order valence-electron chi connectivity index (χ0n) is 12.9. The van der Waals surface area contributed by atoms with Crippen molar-refractivity contribution in [3.05, 3.63) is 42.5 Å². The number of nitrogens with zero attached hydrogens (tertiary/aromatic N) is 3. The molecule has 0 radical (unpaired) electrons. The zero-order chi connectivity index (χ0) is 17.0. The number of hydrogen-bond acceptors (Lipinski definition) is 5. The molecule has 0 atom stereocenters. The summed E-state index contributed by atoms with van der Waals surface area (Å²) in [7, 11) is 0. The van der Waals surface area contributed by atoms with Crippen LogP contribution in [0.15, 0.2) is 52.7 Å². The van der Waals surface area contributed by atoms with Gasteiger partial charge in [0.25, 0.3) is 0 Å². The van der Waals surface area contributed by atoms with E-state index in [2.05, 4.69) is 16.9 Å². The number of hydrazine groups is 1. The molecular formula is C16H18N4O3. The molecule has 0 amide bonds. The van der Waals surface area contributed by atoms with E-state index in [0.717, 1.165) is 15.8 Å². The van der Waals surface area contributed by atoms with Crippen molar-refractivity contribution in [2.75, 3.05) is 5.01 Å². The Bertz CT molecular complexity index is 766. The Hall–Kier alpha value is -2.93. The highest BCUT2D eigenvalue weighted by atomic mass is 16.5. The average Bonchev–Trinajstić information content (AvgIpc) is 2.53. The molecule has 0 saturated heterocycles. The van der Waals surface area contributed by atoms with E-state index >= 15 is 0 Å². The lowest BCUT2D eigenvalue weighted by atomic mass is 10.1. The van der Waals surface area contributed by atoms with Crippen LogP contribution in [0.4, 0.5) is 5.69 Å². The maximum atomic E-state index is 11.2. The molecule has 2 rings (SSSR count). The van der Waals surface area contributed by atoms with Gasteiger partial charge in [0.2, 0.25) is 5.60 Å². The van der Waals surface area contributed by atoms with Crippen LogP contribution in [0.3, 0.4) is 0 Å². The number of rotatable bonds is 4. The van der Waals surface area contributed by atoms with Gasteiger partial charge in [-0.1, -0.05) is 41.5 Å². The van der Waals surface area contributed by atoms with Crippen LogP contribution in [0.2, 0.25) is 0 Å². The predicted octanol–water partition coefficient (Wildman–Crippen LogP) is 2.37. The van der Waals surface area contributed by atoms with Gasteiger partial charge in [0.15, 0.2) is 0 Å². The van der Waals surface area contributed by atoms with Crippen molar-refractivity contribution in [3.63, 3.8) is 0 Å². The van der Waals surface area contributed by atoms with Gasteiger partial charge in [-0.05, 0) is 25.3 Å². The van der Waals surface area contributed by atoms with Crippen LogP contribution in [-0.4, -0.2) is 29.4 Å². The fourth-order valence-corrected chi connectivity index (χ4v) is 1.97. The fourth-order valence-electron chi connectivity index (χ4n) is 1.97. The maximum absolute atomic E-state index is 11.2. The number of nitrogens with two attached hydrogens (primary N) is 1. The summed E-state index contributed by atoms with van der Waals surface area (Å²) in [5.41, 5.74) is -0.919. The van der Waals surface area contributed by atoms with Crippen molar-refractivity contribution >= 4 is 35.2 Å². The van der Waals surface area contributed by atoms with Crippen LogP contribution < -0.4 is 10.9 Å². The Balaban J connectivity index is 2.45. The maximum Gasteiger partial charge on any atom is 0.347 e. The molecule has 2 aromatic carbocycles. The monoisotopic (exact) mass is 314 g/mol. The minimum atomic E-state index is -1.52. The molecular weight excluding hydrogens is 296 g/mol. The minimum absolute atomic E-state index is 0.163. The molecule has 0 fully saturated rings. The van der Waals surface area contributed by atoms with Gasteiger partial charge in [-0.3, -0.25) is 0 Å². The van der Waals surface area contributed by atoms with Gasteiger partial charge in [0.1, 0.15) is 0 Å². The second kappa shape index (κ2) is 6.45. The van der Waals surface area contributed by atoms with Gasteiger partial charge in [0.05, 0.1) is 5.69 Å². The lowest BCUT2D eigenvalue weighted by Crippen LogP contribution is -2.46. The standard InChI is InChI=1S/C16H18N4O3/c1-16(2,14(21)22)23-15(19-18-3)20(17)13-10-6-8-11-7-4-5-9-12(11)13/h4-10H,3,17H2,1-2H3,(H,21,22)/b19-15+. The molecule has 0 unspecified atom stereocenters. The highest BCUT2D eigenvalue weighted by molar-refractivity contribution is 6.02. The van der Waals surface area contributed by atoms with Crippen molar-refractivity contribution in [3.8, 4) is 0 Å². The van der Waals surface area contributed by atoms with E-state index in [4.69, 9.17) is 10.6 Å². The molecule has 3 N–H and O–H groups in total. The number of fused-ring (bicyclic) bond motifs is 1. The summed E-state index contributed by atoms with van der Waals surface area (Å²) in [6.45, 7) is 6.05. The number of benzene rings is 2. The summed E-state index contributed by atoms with van der Waals surface area (Å²) < 4.78 is 5.42. The molecule has 7 nitrogen and oxygen atoms in total. The van der Waals surface area contributed by atoms with Gasteiger partial charge < -0.3 is 9.84 Å². The summed E-state index contributed by atoms with van der Waals surface area (Å²) >= 11 is 0. The number of carboxylic acid groups (broad SMARTS) is 1. The normalized spacial score (nSPS) is 12.0. The van der Waals surface area contributed by atoms with Gasteiger partial charge in [-0.2, -0.15) is 5.10 Å². The summed E-state index contributed by atoms with van der Waals surface area (Å²) in [4.78, 5) is 11.2. The Labute approximate surface area is 133 Å². The lowest BCUT2D eigenvalue weighted by molar-refractivity contribution is -0.153. The molecule has 0 spiro atoms. The molecule has 120 valence electrons. The van der Waals surface area contributed by atoms with E-state index < -0.39 is 11.6 Å². The van der Waals surface area contributed by atoms with E-state index in [1.54, 1.807) is 6.07 Å². The summed E-state index contributed by atoms with van der Waals surface area (Å²) in [6.07, 6.45) is 0.